The van der Waals surface area contributed by atoms with Crippen molar-refractivity contribution in [1.29, 1.82) is 0 Å². The second-order valence-electron chi connectivity index (χ2n) is 4.13. The van der Waals surface area contributed by atoms with E-state index in [9.17, 15) is 0 Å². The Kier molecular flexibility index (Phi) is 3.78. The molecule has 3 rings (SSSR count). The number of halogens is 1. The van der Waals surface area contributed by atoms with E-state index in [1.807, 2.05) is 6.92 Å². The third-order valence-electron chi connectivity index (χ3n) is 2.68. The maximum absolute atomic E-state index is 5.90. The van der Waals surface area contributed by atoms with Crippen LogP contribution in [0.1, 0.15) is 18.6 Å². The van der Waals surface area contributed by atoms with Gasteiger partial charge >= 0.3 is 0 Å². The number of anilines is 1. The second kappa shape index (κ2) is 5.88. The first kappa shape index (κ1) is 13.5. The lowest BCUT2D eigenvalue weighted by Gasteiger charge is -2.05. The smallest absolute Gasteiger partial charge is 0.241 e. The molecular weight excluding hydrogens is 294 g/mol. The first-order valence-electron chi connectivity index (χ1n) is 6.32. The van der Waals surface area contributed by atoms with Gasteiger partial charge in [-0.1, -0.05) is 6.92 Å². The van der Waals surface area contributed by atoms with Gasteiger partial charge in [-0.15, -0.1) is 0 Å². The number of hydrogen-bond acceptors (Lipinski definition) is 7. The van der Waals surface area contributed by atoms with Crippen LogP contribution in [-0.2, 0) is 13.0 Å². The lowest BCUT2D eigenvalue weighted by atomic mass is 10.4. The molecule has 3 heterocycles. The average Bonchev–Trinajstić information content (AvgIpc) is 3.16. The summed E-state index contributed by atoms with van der Waals surface area (Å²) in [4.78, 5) is 20.4. The molecule has 0 fully saturated rings. The Labute approximate surface area is 125 Å². The summed E-state index contributed by atoms with van der Waals surface area (Å²) in [5.74, 6) is 2.12. The molecule has 8 nitrogen and oxygen atoms in total. The summed E-state index contributed by atoms with van der Waals surface area (Å²) in [5.41, 5.74) is 0. The molecule has 0 radical (unpaired) electrons. The van der Waals surface area contributed by atoms with Crippen molar-refractivity contribution >= 4 is 17.5 Å². The molecule has 0 saturated carbocycles. The number of imidazole rings is 1. The van der Waals surface area contributed by atoms with E-state index in [0.717, 1.165) is 12.2 Å². The minimum Gasteiger partial charge on any atom is -0.444 e. The van der Waals surface area contributed by atoms with E-state index in [1.54, 1.807) is 29.5 Å². The predicted molar refractivity (Wildman–Crippen MR) is 75.2 cm³/mol. The Morgan fingerprint density at radius 2 is 2.24 bits per heavy atom. The number of nitrogens with zero attached hydrogens (tertiary/aromatic N) is 6. The highest BCUT2D eigenvalue weighted by molar-refractivity contribution is 6.28. The normalized spacial score (nSPS) is 10.8. The third-order valence-corrected chi connectivity index (χ3v) is 2.85. The standard InChI is InChI=1S/C12H12ClN7O/c1-2-8-5-15-9(21-8)6-16-11-17-10(13)18-12(19-11)20-4-3-14-7-20/h3-5,7H,2,6H2,1H3,(H,16,17,18,19). The number of nitrogens with one attached hydrogen (secondary N) is 1. The molecule has 0 amide bonds. The van der Waals surface area contributed by atoms with Gasteiger partial charge in [0.1, 0.15) is 12.1 Å². The van der Waals surface area contributed by atoms with Crippen LogP contribution < -0.4 is 5.32 Å². The molecule has 0 spiro atoms. The fourth-order valence-corrected chi connectivity index (χ4v) is 1.82. The van der Waals surface area contributed by atoms with Crippen LogP contribution in [0.25, 0.3) is 5.95 Å². The summed E-state index contributed by atoms with van der Waals surface area (Å²) in [6, 6.07) is 0. The quantitative estimate of drug-likeness (QED) is 0.769. The SMILES string of the molecule is CCc1cnc(CNc2nc(Cl)nc(-n3ccnc3)n2)o1. The van der Waals surface area contributed by atoms with Crippen molar-refractivity contribution in [2.24, 2.45) is 0 Å². The molecule has 0 bridgehead atoms. The Bertz CT molecular complexity index is 725. The first-order valence-corrected chi connectivity index (χ1v) is 6.69. The lowest BCUT2D eigenvalue weighted by Crippen LogP contribution is -2.08. The highest BCUT2D eigenvalue weighted by Crippen LogP contribution is 2.11. The summed E-state index contributed by atoms with van der Waals surface area (Å²) in [6.45, 7) is 2.37. The monoisotopic (exact) mass is 305 g/mol. The van der Waals surface area contributed by atoms with E-state index in [2.05, 4.69) is 30.2 Å². The molecule has 0 aromatic carbocycles. The Morgan fingerprint density at radius 1 is 1.33 bits per heavy atom. The summed E-state index contributed by atoms with van der Waals surface area (Å²) in [7, 11) is 0. The van der Waals surface area contributed by atoms with Crippen LogP contribution in [0.4, 0.5) is 5.95 Å². The maximum Gasteiger partial charge on any atom is 0.241 e. The molecule has 0 aliphatic heterocycles. The van der Waals surface area contributed by atoms with Crippen molar-refractivity contribution in [3.05, 3.63) is 41.9 Å². The minimum absolute atomic E-state index is 0.0952. The van der Waals surface area contributed by atoms with Gasteiger partial charge in [0.2, 0.25) is 23.1 Å². The summed E-state index contributed by atoms with van der Waals surface area (Å²) >= 11 is 5.90. The molecule has 1 N–H and O–H groups in total. The van der Waals surface area contributed by atoms with Crippen LogP contribution in [0.2, 0.25) is 5.28 Å². The Hall–Kier alpha value is -2.48. The second-order valence-corrected chi connectivity index (χ2v) is 4.46. The van der Waals surface area contributed by atoms with Crippen LogP contribution in [-0.4, -0.2) is 29.5 Å². The third kappa shape index (κ3) is 3.16. The van der Waals surface area contributed by atoms with E-state index < -0.39 is 0 Å². The zero-order chi connectivity index (χ0) is 14.7. The molecule has 0 unspecified atom stereocenters. The molecule has 0 atom stereocenters. The van der Waals surface area contributed by atoms with Crippen LogP contribution in [0.5, 0.6) is 0 Å². The van der Waals surface area contributed by atoms with E-state index in [-0.39, 0.29) is 5.28 Å². The van der Waals surface area contributed by atoms with E-state index in [1.165, 1.54) is 0 Å². The fourth-order valence-electron chi connectivity index (χ4n) is 1.66. The largest absolute Gasteiger partial charge is 0.444 e. The minimum atomic E-state index is 0.0952. The number of rotatable bonds is 5. The molecule has 108 valence electrons. The van der Waals surface area contributed by atoms with Crippen LogP contribution in [0.3, 0.4) is 0 Å². The number of hydrogen-bond donors (Lipinski definition) is 1. The molecule has 0 saturated heterocycles. The molecule has 3 aromatic rings. The average molecular weight is 306 g/mol. The van der Waals surface area contributed by atoms with Gasteiger partial charge in [0, 0.05) is 18.8 Å². The van der Waals surface area contributed by atoms with Gasteiger partial charge in [0.05, 0.1) is 12.7 Å². The van der Waals surface area contributed by atoms with Gasteiger partial charge in [0.25, 0.3) is 0 Å². The van der Waals surface area contributed by atoms with Gasteiger partial charge in [0.15, 0.2) is 0 Å². The van der Waals surface area contributed by atoms with E-state index in [4.69, 9.17) is 16.0 Å². The molecule has 0 aliphatic carbocycles. The first-order chi connectivity index (χ1) is 10.2. The zero-order valence-corrected chi connectivity index (χ0v) is 11.9. The van der Waals surface area contributed by atoms with Crippen LogP contribution >= 0.6 is 11.6 Å². The Balaban J connectivity index is 1.76. The van der Waals surface area contributed by atoms with Gasteiger partial charge in [-0.2, -0.15) is 15.0 Å². The van der Waals surface area contributed by atoms with E-state index in [0.29, 0.717) is 24.3 Å². The van der Waals surface area contributed by atoms with Gasteiger partial charge in [-0.25, -0.2) is 9.97 Å². The van der Waals surface area contributed by atoms with Gasteiger partial charge < -0.3 is 9.73 Å². The van der Waals surface area contributed by atoms with Crippen molar-refractivity contribution in [2.75, 3.05) is 5.32 Å². The number of aryl methyl sites for hydroxylation is 1. The van der Waals surface area contributed by atoms with Crippen molar-refractivity contribution in [3.63, 3.8) is 0 Å². The predicted octanol–water partition coefficient (Wildman–Crippen LogP) is 1.87. The van der Waals surface area contributed by atoms with Gasteiger partial charge in [-0.05, 0) is 11.6 Å². The molecule has 0 aliphatic rings. The van der Waals surface area contributed by atoms with Crippen LogP contribution in [0, 0.1) is 0 Å². The molecule has 3 aromatic heterocycles. The topological polar surface area (TPSA) is 94.6 Å². The van der Waals surface area contributed by atoms with E-state index >= 15 is 0 Å². The summed E-state index contributed by atoms with van der Waals surface area (Å²) < 4.78 is 7.13. The summed E-state index contributed by atoms with van der Waals surface area (Å²) in [6.07, 6.45) is 7.43. The number of oxazole rings is 1. The van der Waals surface area contributed by atoms with Crippen molar-refractivity contribution in [1.82, 2.24) is 29.5 Å². The van der Waals surface area contributed by atoms with Gasteiger partial charge in [-0.3, -0.25) is 4.57 Å². The van der Waals surface area contributed by atoms with Crippen molar-refractivity contribution < 1.29 is 4.42 Å². The van der Waals surface area contributed by atoms with Crippen LogP contribution in [0.15, 0.2) is 29.3 Å². The lowest BCUT2D eigenvalue weighted by molar-refractivity contribution is 0.465. The highest BCUT2D eigenvalue weighted by atomic mass is 35.5. The van der Waals surface area contributed by atoms with Crippen molar-refractivity contribution in [3.8, 4) is 5.95 Å². The summed E-state index contributed by atoms with van der Waals surface area (Å²) in [5, 5.41) is 3.10. The number of aromatic nitrogens is 6. The zero-order valence-electron chi connectivity index (χ0n) is 11.2. The maximum atomic E-state index is 5.90. The van der Waals surface area contributed by atoms with Crippen molar-refractivity contribution in [2.45, 2.75) is 19.9 Å². The molecule has 9 heteroatoms. The highest BCUT2D eigenvalue weighted by Gasteiger charge is 2.08. The Morgan fingerprint density at radius 3 is 2.95 bits per heavy atom. The molecule has 21 heavy (non-hydrogen) atoms. The molecular formula is C12H12ClN7O. The fraction of sp³-hybridized carbons (Fsp3) is 0.250.